The van der Waals surface area contributed by atoms with Crippen LogP contribution in [0.1, 0.15) is 22.8 Å². The standard InChI is InChI=1S/C24H22N4O6/c1-3-34-19(29)14-28-22(30)20-21(26-24(28)32)27(12-11-15-7-5-4-6-8-15)18-10-9-16(23(31)33-2)13-17(18)25-20/h4-10,13H,3,11-12,14H2,1-2H3. The average molecular weight is 462 g/mol. The van der Waals surface area contributed by atoms with Gasteiger partial charge in [0.1, 0.15) is 6.54 Å². The van der Waals surface area contributed by atoms with Gasteiger partial charge in [-0.15, -0.1) is 0 Å². The maximum absolute atomic E-state index is 13.2. The van der Waals surface area contributed by atoms with Crippen molar-refractivity contribution in [3.05, 3.63) is 80.5 Å². The van der Waals surface area contributed by atoms with Gasteiger partial charge in [0.25, 0.3) is 5.56 Å². The van der Waals surface area contributed by atoms with E-state index in [9.17, 15) is 19.2 Å². The molecule has 2 aliphatic heterocycles. The first kappa shape index (κ1) is 22.8. The van der Waals surface area contributed by atoms with Gasteiger partial charge >= 0.3 is 17.6 Å². The number of aromatic nitrogens is 4. The van der Waals surface area contributed by atoms with Gasteiger partial charge in [0.2, 0.25) is 0 Å². The molecule has 0 bridgehead atoms. The molecule has 10 heteroatoms. The third-order valence-corrected chi connectivity index (χ3v) is 5.33. The normalized spacial score (nSPS) is 11.0. The zero-order valence-electron chi connectivity index (χ0n) is 18.7. The number of carbonyl (C=O) groups excluding carboxylic acids is 2. The molecule has 0 aromatic heterocycles. The minimum absolute atomic E-state index is 0.0912. The summed E-state index contributed by atoms with van der Waals surface area (Å²) in [7, 11) is 1.27. The predicted octanol–water partition coefficient (Wildman–Crippen LogP) is 1.65. The highest BCUT2D eigenvalue weighted by molar-refractivity contribution is 5.94. The Hall–Kier alpha value is -4.34. The Balaban J connectivity index is 1.93. The lowest BCUT2D eigenvalue weighted by atomic mass is 10.1. The van der Waals surface area contributed by atoms with Crippen molar-refractivity contribution in [2.75, 3.05) is 13.7 Å². The van der Waals surface area contributed by atoms with Crippen LogP contribution in [-0.4, -0.2) is 44.8 Å². The summed E-state index contributed by atoms with van der Waals surface area (Å²) in [5, 5.41) is 0. The van der Waals surface area contributed by atoms with E-state index in [0.29, 0.717) is 28.6 Å². The van der Waals surface area contributed by atoms with Crippen molar-refractivity contribution in [2.45, 2.75) is 26.4 Å². The van der Waals surface area contributed by atoms with Crippen molar-refractivity contribution in [3.63, 3.8) is 0 Å². The molecule has 4 rings (SSSR count). The molecular formula is C24H22N4O6. The number of ether oxygens (including phenoxy) is 2. The summed E-state index contributed by atoms with van der Waals surface area (Å²) < 4.78 is 12.1. The zero-order valence-corrected chi connectivity index (χ0v) is 18.7. The second-order valence-corrected chi connectivity index (χ2v) is 7.46. The maximum atomic E-state index is 13.2. The summed E-state index contributed by atoms with van der Waals surface area (Å²) in [5.74, 6) is -1.18. The van der Waals surface area contributed by atoms with Gasteiger partial charge in [-0.05, 0) is 37.1 Å². The van der Waals surface area contributed by atoms with Crippen molar-refractivity contribution in [1.82, 2.24) is 19.1 Å². The predicted molar refractivity (Wildman–Crippen MR) is 123 cm³/mol. The average Bonchev–Trinajstić information content (AvgIpc) is 2.85. The Morgan fingerprint density at radius 1 is 1.00 bits per heavy atom. The number of rotatable bonds is 7. The number of carbonyl (C=O) groups is 2. The maximum Gasteiger partial charge on any atom is 0.353 e. The molecular weight excluding hydrogens is 440 g/mol. The Bertz CT molecular complexity index is 1460. The zero-order chi connectivity index (χ0) is 24.2. The first-order chi connectivity index (χ1) is 16.4. The van der Waals surface area contributed by atoms with Gasteiger partial charge in [-0.25, -0.2) is 19.1 Å². The van der Waals surface area contributed by atoms with E-state index in [1.165, 1.54) is 13.2 Å². The summed E-state index contributed by atoms with van der Waals surface area (Å²) in [6, 6.07) is 14.5. The third-order valence-electron chi connectivity index (χ3n) is 5.33. The minimum Gasteiger partial charge on any atom is -0.465 e. The van der Waals surface area contributed by atoms with Crippen LogP contribution in [0.3, 0.4) is 0 Å². The van der Waals surface area contributed by atoms with Crippen molar-refractivity contribution < 1.29 is 19.1 Å². The summed E-state index contributed by atoms with van der Waals surface area (Å²) in [6.45, 7) is 1.56. The highest BCUT2D eigenvalue weighted by Crippen LogP contribution is 2.23. The molecule has 0 amide bonds. The topological polar surface area (TPSA) is 122 Å². The Morgan fingerprint density at radius 2 is 1.76 bits per heavy atom. The van der Waals surface area contributed by atoms with E-state index in [2.05, 4.69) is 9.97 Å². The summed E-state index contributed by atoms with van der Waals surface area (Å²) in [5.41, 5.74) is 0.530. The quantitative estimate of drug-likeness (QED) is 0.300. The molecule has 2 aromatic rings. The largest absolute Gasteiger partial charge is 0.465 e. The van der Waals surface area contributed by atoms with Gasteiger partial charge < -0.3 is 14.0 Å². The van der Waals surface area contributed by atoms with E-state index in [1.54, 1.807) is 23.6 Å². The number of nitrogens with zero attached hydrogens (tertiary/aromatic N) is 4. The number of methoxy groups -OCH3 is 1. The Morgan fingerprint density at radius 3 is 2.47 bits per heavy atom. The number of hydrogen-bond acceptors (Lipinski definition) is 8. The summed E-state index contributed by atoms with van der Waals surface area (Å²) in [6.07, 6.45) is 0.597. The van der Waals surface area contributed by atoms with Gasteiger partial charge in [0, 0.05) is 6.54 Å². The number of aryl methyl sites for hydroxylation is 2. The lowest BCUT2D eigenvalue weighted by molar-refractivity contribution is -0.143. The molecule has 0 radical (unpaired) electrons. The van der Waals surface area contributed by atoms with E-state index in [-0.39, 0.29) is 23.7 Å². The van der Waals surface area contributed by atoms with Crippen molar-refractivity contribution in [1.29, 1.82) is 0 Å². The fraction of sp³-hybridized carbons (Fsp3) is 0.250. The SMILES string of the molecule is CCOC(=O)Cn1c(=O)nc2n(CCc3ccccc3)c3ccc(C(=O)OC)cc3nc-2c1=O. The monoisotopic (exact) mass is 462 g/mol. The van der Waals surface area contributed by atoms with Crippen LogP contribution in [0.25, 0.3) is 22.6 Å². The van der Waals surface area contributed by atoms with Crippen LogP contribution in [0.5, 0.6) is 0 Å². The first-order valence-electron chi connectivity index (χ1n) is 10.7. The lowest BCUT2D eigenvalue weighted by Crippen LogP contribution is -2.40. The molecule has 174 valence electrons. The van der Waals surface area contributed by atoms with Crippen LogP contribution in [0.2, 0.25) is 0 Å². The second-order valence-electron chi connectivity index (χ2n) is 7.46. The van der Waals surface area contributed by atoms with Crippen LogP contribution < -0.4 is 11.2 Å². The van der Waals surface area contributed by atoms with E-state index < -0.39 is 29.7 Å². The van der Waals surface area contributed by atoms with Crippen LogP contribution in [-0.2, 0) is 33.8 Å². The highest BCUT2D eigenvalue weighted by atomic mass is 16.5. The van der Waals surface area contributed by atoms with Crippen molar-refractivity contribution in [2.24, 2.45) is 0 Å². The van der Waals surface area contributed by atoms with Gasteiger partial charge in [-0.1, -0.05) is 30.3 Å². The fourth-order valence-electron chi connectivity index (χ4n) is 3.71. The fourth-order valence-corrected chi connectivity index (χ4v) is 3.71. The number of hydrogen-bond donors (Lipinski definition) is 0. The molecule has 0 saturated heterocycles. The third kappa shape index (κ3) is 4.42. The van der Waals surface area contributed by atoms with Gasteiger partial charge in [0.15, 0.2) is 11.5 Å². The Labute approximate surface area is 193 Å². The number of benzene rings is 2. The first-order valence-corrected chi connectivity index (χ1v) is 10.7. The van der Waals surface area contributed by atoms with E-state index in [1.807, 2.05) is 30.3 Å². The smallest absolute Gasteiger partial charge is 0.353 e. The Kier molecular flexibility index (Phi) is 6.48. The van der Waals surface area contributed by atoms with E-state index >= 15 is 0 Å². The molecule has 0 saturated carbocycles. The number of fused-ring (bicyclic) bond motifs is 2. The highest BCUT2D eigenvalue weighted by Gasteiger charge is 2.23. The van der Waals surface area contributed by atoms with E-state index in [4.69, 9.17) is 9.47 Å². The van der Waals surface area contributed by atoms with Gasteiger partial charge in [-0.2, -0.15) is 4.98 Å². The van der Waals surface area contributed by atoms with Gasteiger partial charge in [-0.3, -0.25) is 9.59 Å². The van der Waals surface area contributed by atoms with Gasteiger partial charge in [0.05, 0.1) is 30.3 Å². The van der Waals surface area contributed by atoms with Crippen LogP contribution >= 0.6 is 0 Å². The van der Waals surface area contributed by atoms with Crippen LogP contribution in [0.4, 0.5) is 0 Å². The molecule has 2 aromatic carbocycles. The minimum atomic E-state index is -0.869. The number of esters is 2. The molecule has 0 unspecified atom stereocenters. The van der Waals surface area contributed by atoms with Crippen molar-refractivity contribution >= 4 is 23.0 Å². The molecule has 2 aliphatic rings. The van der Waals surface area contributed by atoms with Crippen molar-refractivity contribution in [3.8, 4) is 11.5 Å². The molecule has 0 aliphatic carbocycles. The molecule has 0 fully saturated rings. The summed E-state index contributed by atoms with van der Waals surface area (Å²) in [4.78, 5) is 58.3. The molecule has 2 heterocycles. The molecule has 0 spiro atoms. The molecule has 0 N–H and O–H groups in total. The molecule has 0 atom stereocenters. The molecule has 34 heavy (non-hydrogen) atoms. The van der Waals surface area contributed by atoms with E-state index in [0.717, 1.165) is 5.56 Å². The second kappa shape index (κ2) is 9.65. The molecule has 10 nitrogen and oxygen atoms in total. The lowest BCUT2D eigenvalue weighted by Gasteiger charge is -2.18. The van der Waals surface area contributed by atoms with Crippen LogP contribution in [0.15, 0.2) is 58.1 Å². The van der Waals surface area contributed by atoms with Crippen LogP contribution in [0, 0.1) is 0 Å². The summed E-state index contributed by atoms with van der Waals surface area (Å²) >= 11 is 0.